The van der Waals surface area contributed by atoms with Gasteiger partial charge in [-0.05, 0) is 16.8 Å². The van der Waals surface area contributed by atoms with Gasteiger partial charge in [-0.3, -0.25) is 4.98 Å². The molecule has 3 nitrogen and oxygen atoms in total. The van der Waals surface area contributed by atoms with Crippen molar-refractivity contribution in [1.29, 1.82) is 0 Å². The van der Waals surface area contributed by atoms with Crippen molar-refractivity contribution in [1.82, 2.24) is 9.97 Å². The number of pyridine rings is 2. The summed E-state index contributed by atoms with van der Waals surface area (Å²) in [4.78, 5) is 10.5. The number of fused-ring (bicyclic) bond motifs is 2. The molecule has 2 aromatic heterocycles. The minimum absolute atomic E-state index is 0.231. The number of hydrogen-bond acceptors (Lipinski definition) is 3. The number of rotatable bonds is 2. The Hall–Kier alpha value is -2.72. The molecule has 25 heavy (non-hydrogen) atoms. The standard InChI is InChI=1S/C20H15ClFN3/c1-25(2)16-10-17(21)24-20-15(16)11-23-19(18(20)22)14-9-5-7-12-6-3-4-8-13(12)14/h3-11H,1-2H3. The smallest absolute Gasteiger partial charge is 0.175 e. The molecule has 0 bridgehead atoms. The Morgan fingerprint density at radius 2 is 1.76 bits per heavy atom. The molecule has 0 fully saturated rings. The van der Waals surface area contributed by atoms with Crippen molar-refractivity contribution >= 4 is 39.0 Å². The van der Waals surface area contributed by atoms with E-state index in [4.69, 9.17) is 11.6 Å². The maximum Gasteiger partial charge on any atom is 0.175 e. The van der Waals surface area contributed by atoms with E-state index >= 15 is 4.39 Å². The Morgan fingerprint density at radius 1 is 1.00 bits per heavy atom. The average molecular weight is 352 g/mol. The topological polar surface area (TPSA) is 29.0 Å². The van der Waals surface area contributed by atoms with Gasteiger partial charge in [0.25, 0.3) is 0 Å². The molecule has 2 aromatic carbocycles. The lowest BCUT2D eigenvalue weighted by Gasteiger charge is -2.16. The SMILES string of the molecule is CN(C)c1cc(Cl)nc2c(F)c(-c3cccc4ccccc34)ncc12. The highest BCUT2D eigenvalue weighted by Gasteiger charge is 2.17. The van der Waals surface area contributed by atoms with Crippen molar-refractivity contribution in [3.8, 4) is 11.3 Å². The monoisotopic (exact) mass is 351 g/mol. The molecule has 5 heteroatoms. The second kappa shape index (κ2) is 5.97. The second-order valence-corrected chi connectivity index (χ2v) is 6.46. The summed E-state index contributed by atoms with van der Waals surface area (Å²) in [5, 5.41) is 2.88. The fraction of sp³-hybridized carbons (Fsp3) is 0.100. The molecular weight excluding hydrogens is 337 g/mol. The second-order valence-electron chi connectivity index (χ2n) is 6.07. The van der Waals surface area contributed by atoms with Crippen LogP contribution in [0.3, 0.4) is 0 Å². The minimum Gasteiger partial charge on any atom is -0.377 e. The molecule has 2 heterocycles. The molecule has 0 spiro atoms. The highest BCUT2D eigenvalue weighted by molar-refractivity contribution is 6.30. The Morgan fingerprint density at radius 3 is 2.56 bits per heavy atom. The molecule has 0 saturated carbocycles. The van der Waals surface area contributed by atoms with E-state index in [2.05, 4.69) is 9.97 Å². The largest absolute Gasteiger partial charge is 0.377 e. The molecule has 0 aliphatic heterocycles. The molecule has 0 N–H and O–H groups in total. The normalized spacial score (nSPS) is 11.2. The van der Waals surface area contributed by atoms with E-state index in [0.717, 1.165) is 22.0 Å². The maximum atomic E-state index is 15.3. The first-order valence-corrected chi connectivity index (χ1v) is 8.24. The minimum atomic E-state index is -0.459. The zero-order chi connectivity index (χ0) is 17.6. The van der Waals surface area contributed by atoms with E-state index in [1.54, 1.807) is 12.3 Å². The van der Waals surface area contributed by atoms with Crippen molar-refractivity contribution in [3.05, 3.63) is 65.7 Å². The van der Waals surface area contributed by atoms with E-state index in [1.165, 1.54) is 0 Å². The molecule has 124 valence electrons. The van der Waals surface area contributed by atoms with E-state index < -0.39 is 5.82 Å². The van der Waals surface area contributed by atoms with Gasteiger partial charge in [0.15, 0.2) is 5.82 Å². The lowest BCUT2D eigenvalue weighted by Crippen LogP contribution is -2.10. The Labute approximate surface area is 149 Å². The van der Waals surface area contributed by atoms with Crippen LogP contribution in [0.4, 0.5) is 10.1 Å². The van der Waals surface area contributed by atoms with Crippen molar-refractivity contribution in [2.24, 2.45) is 0 Å². The van der Waals surface area contributed by atoms with Crippen LogP contribution in [0.1, 0.15) is 0 Å². The third kappa shape index (κ3) is 2.59. The molecular formula is C20H15ClFN3. The highest BCUT2D eigenvalue weighted by atomic mass is 35.5. The quantitative estimate of drug-likeness (QED) is 0.458. The van der Waals surface area contributed by atoms with Crippen LogP contribution in [-0.2, 0) is 0 Å². The van der Waals surface area contributed by atoms with Crippen molar-refractivity contribution in [2.75, 3.05) is 19.0 Å². The summed E-state index contributed by atoms with van der Waals surface area (Å²) >= 11 is 6.11. The Kier molecular flexibility index (Phi) is 3.77. The number of benzene rings is 2. The van der Waals surface area contributed by atoms with E-state index in [1.807, 2.05) is 61.5 Å². The summed E-state index contributed by atoms with van der Waals surface area (Å²) in [5.41, 5.74) is 2.04. The summed E-state index contributed by atoms with van der Waals surface area (Å²) in [5.74, 6) is -0.459. The van der Waals surface area contributed by atoms with Crippen molar-refractivity contribution in [3.63, 3.8) is 0 Å². The zero-order valence-electron chi connectivity index (χ0n) is 13.8. The molecule has 0 aliphatic rings. The van der Waals surface area contributed by atoms with Gasteiger partial charge in [-0.1, -0.05) is 54.1 Å². The summed E-state index contributed by atoms with van der Waals surface area (Å²) in [6.07, 6.45) is 1.66. The first-order valence-electron chi connectivity index (χ1n) is 7.86. The predicted molar refractivity (Wildman–Crippen MR) is 102 cm³/mol. The van der Waals surface area contributed by atoms with E-state index in [0.29, 0.717) is 5.39 Å². The lowest BCUT2D eigenvalue weighted by molar-refractivity contribution is 0.635. The highest BCUT2D eigenvalue weighted by Crippen LogP contribution is 2.34. The van der Waals surface area contributed by atoms with Gasteiger partial charge in [0.1, 0.15) is 16.4 Å². The molecule has 0 radical (unpaired) electrons. The van der Waals surface area contributed by atoms with Crippen LogP contribution in [0.15, 0.2) is 54.7 Å². The Bertz CT molecular complexity index is 1100. The number of halogens is 2. The lowest BCUT2D eigenvalue weighted by atomic mass is 10.0. The fourth-order valence-corrected chi connectivity index (χ4v) is 3.28. The zero-order valence-corrected chi connectivity index (χ0v) is 14.5. The molecule has 4 aromatic rings. The number of hydrogen-bond donors (Lipinski definition) is 0. The van der Waals surface area contributed by atoms with Crippen LogP contribution in [0.5, 0.6) is 0 Å². The van der Waals surface area contributed by atoms with E-state index in [-0.39, 0.29) is 16.4 Å². The third-order valence-electron chi connectivity index (χ3n) is 4.27. The van der Waals surface area contributed by atoms with Gasteiger partial charge in [0, 0.05) is 31.2 Å². The Balaban J connectivity index is 2.05. The van der Waals surface area contributed by atoms with E-state index in [9.17, 15) is 0 Å². The van der Waals surface area contributed by atoms with Crippen LogP contribution >= 0.6 is 11.6 Å². The van der Waals surface area contributed by atoms with Crippen LogP contribution in [0.2, 0.25) is 5.15 Å². The van der Waals surface area contributed by atoms with Crippen LogP contribution in [0, 0.1) is 5.82 Å². The predicted octanol–water partition coefficient (Wildman–Crippen LogP) is 5.31. The van der Waals surface area contributed by atoms with Gasteiger partial charge in [-0.2, -0.15) is 0 Å². The van der Waals surface area contributed by atoms with Gasteiger partial charge >= 0.3 is 0 Å². The van der Waals surface area contributed by atoms with Crippen molar-refractivity contribution in [2.45, 2.75) is 0 Å². The maximum absolute atomic E-state index is 15.3. The first-order chi connectivity index (χ1) is 12.1. The number of nitrogens with zero attached hydrogens (tertiary/aromatic N) is 3. The average Bonchev–Trinajstić information content (AvgIpc) is 2.61. The molecule has 4 rings (SSSR count). The first kappa shape index (κ1) is 15.8. The molecule has 0 atom stereocenters. The summed E-state index contributed by atoms with van der Waals surface area (Å²) in [7, 11) is 3.75. The third-order valence-corrected chi connectivity index (χ3v) is 4.46. The molecule has 0 saturated heterocycles. The van der Waals surface area contributed by atoms with Gasteiger partial charge in [-0.15, -0.1) is 0 Å². The van der Waals surface area contributed by atoms with Gasteiger partial charge < -0.3 is 4.90 Å². The number of anilines is 1. The summed E-state index contributed by atoms with van der Waals surface area (Å²) < 4.78 is 15.3. The molecule has 0 unspecified atom stereocenters. The summed E-state index contributed by atoms with van der Waals surface area (Å²) in [6.45, 7) is 0. The van der Waals surface area contributed by atoms with Crippen molar-refractivity contribution < 1.29 is 4.39 Å². The molecule has 0 amide bonds. The fourth-order valence-electron chi connectivity index (χ4n) is 3.09. The van der Waals surface area contributed by atoms with Crippen LogP contribution < -0.4 is 4.90 Å². The number of aromatic nitrogens is 2. The molecule has 0 aliphatic carbocycles. The van der Waals surface area contributed by atoms with Crippen LogP contribution in [0.25, 0.3) is 32.9 Å². The van der Waals surface area contributed by atoms with Crippen LogP contribution in [-0.4, -0.2) is 24.1 Å². The summed E-state index contributed by atoms with van der Waals surface area (Å²) in [6, 6.07) is 15.3. The van der Waals surface area contributed by atoms with Gasteiger partial charge in [0.2, 0.25) is 0 Å². The van der Waals surface area contributed by atoms with Gasteiger partial charge in [0.05, 0.1) is 5.69 Å². The van der Waals surface area contributed by atoms with Gasteiger partial charge in [-0.25, -0.2) is 9.37 Å².